The number of amides is 1. The van der Waals surface area contributed by atoms with Crippen LogP contribution in [0, 0.1) is 0 Å². The van der Waals surface area contributed by atoms with Crippen LogP contribution in [-0.4, -0.2) is 49.9 Å². The van der Waals surface area contributed by atoms with E-state index in [4.69, 9.17) is 9.47 Å². The number of carbonyl (C=O) groups excluding carboxylic acids is 1. The van der Waals surface area contributed by atoms with Gasteiger partial charge in [0.2, 0.25) is 5.91 Å². The summed E-state index contributed by atoms with van der Waals surface area (Å²) in [4.78, 5) is 18.0. The summed E-state index contributed by atoms with van der Waals surface area (Å²) in [6.45, 7) is 3.01. The Morgan fingerprint density at radius 2 is 1.96 bits per heavy atom. The van der Waals surface area contributed by atoms with Crippen molar-refractivity contribution in [1.29, 1.82) is 0 Å². The lowest BCUT2D eigenvalue weighted by molar-refractivity contribution is -0.119. The molecule has 0 unspecified atom stereocenters. The normalized spacial score (nSPS) is 15.7. The van der Waals surface area contributed by atoms with E-state index in [0.717, 1.165) is 35.0 Å². The van der Waals surface area contributed by atoms with E-state index in [1.54, 1.807) is 0 Å². The number of rotatable bonds is 4. The van der Waals surface area contributed by atoms with Crippen molar-refractivity contribution >= 4 is 23.4 Å². The van der Waals surface area contributed by atoms with E-state index in [9.17, 15) is 4.79 Å². The average molecular weight is 370 g/mol. The highest BCUT2D eigenvalue weighted by Gasteiger charge is 2.23. The molecule has 26 heavy (non-hydrogen) atoms. The third-order valence-corrected chi connectivity index (χ3v) is 5.54. The number of para-hydroxylation sites is 1. The second-order valence-corrected chi connectivity index (χ2v) is 7.65. The van der Waals surface area contributed by atoms with E-state index in [-0.39, 0.29) is 5.91 Å². The Morgan fingerprint density at radius 1 is 1.15 bits per heavy atom. The molecule has 0 radical (unpaired) electrons. The standard InChI is InChI=1S/C20H22N2O3S/c1-21(13-15-6-7-17-18(12-15)25-10-9-24-17)14-20(23)22-8-11-26-19-5-3-2-4-16(19)22/h2-7,12H,8-11,13-14H2,1H3. The van der Waals surface area contributed by atoms with Crippen molar-refractivity contribution in [2.45, 2.75) is 11.4 Å². The molecule has 0 bridgehead atoms. The van der Waals surface area contributed by atoms with Crippen molar-refractivity contribution in [3.8, 4) is 11.5 Å². The van der Waals surface area contributed by atoms with Gasteiger partial charge in [-0.1, -0.05) is 18.2 Å². The summed E-state index contributed by atoms with van der Waals surface area (Å²) < 4.78 is 11.2. The van der Waals surface area contributed by atoms with E-state index >= 15 is 0 Å². The van der Waals surface area contributed by atoms with Gasteiger partial charge in [-0.2, -0.15) is 0 Å². The molecule has 0 fully saturated rings. The van der Waals surface area contributed by atoms with Gasteiger partial charge in [0.05, 0.1) is 12.2 Å². The number of carbonyl (C=O) groups is 1. The van der Waals surface area contributed by atoms with Crippen LogP contribution in [0.25, 0.3) is 0 Å². The van der Waals surface area contributed by atoms with Gasteiger partial charge in [-0.3, -0.25) is 9.69 Å². The third-order valence-electron chi connectivity index (χ3n) is 4.49. The fraction of sp³-hybridized carbons (Fsp3) is 0.350. The summed E-state index contributed by atoms with van der Waals surface area (Å²) in [5.74, 6) is 2.66. The van der Waals surface area contributed by atoms with Crippen LogP contribution in [0.3, 0.4) is 0 Å². The Balaban J connectivity index is 1.41. The first-order chi connectivity index (χ1) is 12.7. The first-order valence-electron chi connectivity index (χ1n) is 8.80. The van der Waals surface area contributed by atoms with Gasteiger partial charge in [0.25, 0.3) is 0 Å². The molecule has 1 amide bonds. The minimum absolute atomic E-state index is 0.137. The molecule has 2 aromatic rings. The lowest BCUT2D eigenvalue weighted by Gasteiger charge is -2.30. The predicted octanol–water partition coefficient (Wildman–Crippen LogP) is 3.03. The summed E-state index contributed by atoms with van der Waals surface area (Å²) in [7, 11) is 1.97. The van der Waals surface area contributed by atoms with Gasteiger partial charge < -0.3 is 14.4 Å². The van der Waals surface area contributed by atoms with Gasteiger partial charge in [0.15, 0.2) is 11.5 Å². The minimum Gasteiger partial charge on any atom is -0.486 e. The number of likely N-dealkylation sites (N-methyl/N-ethyl adjacent to an activating group) is 1. The smallest absolute Gasteiger partial charge is 0.241 e. The molecule has 0 saturated carbocycles. The van der Waals surface area contributed by atoms with Gasteiger partial charge in [0, 0.05) is 23.7 Å². The molecule has 0 aliphatic carbocycles. The van der Waals surface area contributed by atoms with Crippen molar-refractivity contribution in [1.82, 2.24) is 4.90 Å². The van der Waals surface area contributed by atoms with Crippen molar-refractivity contribution in [3.63, 3.8) is 0 Å². The second kappa shape index (κ2) is 7.60. The number of thioether (sulfide) groups is 1. The molecule has 2 aliphatic heterocycles. The Hall–Kier alpha value is -2.18. The molecule has 4 rings (SSSR count). The molecule has 0 aromatic heterocycles. The van der Waals surface area contributed by atoms with E-state index in [2.05, 4.69) is 6.07 Å². The van der Waals surface area contributed by atoms with E-state index in [1.807, 2.05) is 65.0 Å². The maximum atomic E-state index is 12.8. The van der Waals surface area contributed by atoms with Gasteiger partial charge in [-0.15, -0.1) is 11.8 Å². The SMILES string of the molecule is CN(CC(=O)N1CCSc2ccccc21)Cc1ccc2c(c1)OCCO2. The van der Waals surface area contributed by atoms with E-state index < -0.39 is 0 Å². The molecule has 0 atom stereocenters. The zero-order valence-corrected chi connectivity index (χ0v) is 15.6. The van der Waals surface area contributed by atoms with Gasteiger partial charge in [-0.25, -0.2) is 0 Å². The monoisotopic (exact) mass is 370 g/mol. The number of hydrogen-bond acceptors (Lipinski definition) is 5. The molecule has 0 N–H and O–H groups in total. The largest absolute Gasteiger partial charge is 0.486 e. The van der Waals surface area contributed by atoms with Gasteiger partial charge >= 0.3 is 0 Å². The molecule has 0 saturated heterocycles. The van der Waals surface area contributed by atoms with Crippen molar-refractivity contribution in [3.05, 3.63) is 48.0 Å². The van der Waals surface area contributed by atoms with Crippen molar-refractivity contribution < 1.29 is 14.3 Å². The summed E-state index contributed by atoms with van der Waals surface area (Å²) in [5.41, 5.74) is 2.14. The average Bonchev–Trinajstić information content (AvgIpc) is 2.67. The molecule has 136 valence electrons. The number of fused-ring (bicyclic) bond motifs is 2. The number of anilines is 1. The third kappa shape index (κ3) is 3.66. The number of ether oxygens (including phenoxy) is 2. The first kappa shape index (κ1) is 17.2. The molecule has 2 heterocycles. The highest BCUT2D eigenvalue weighted by atomic mass is 32.2. The quantitative estimate of drug-likeness (QED) is 0.828. The Kier molecular flexibility index (Phi) is 5.04. The van der Waals surface area contributed by atoms with Crippen LogP contribution in [0.1, 0.15) is 5.56 Å². The maximum Gasteiger partial charge on any atom is 0.241 e. The molecule has 5 nitrogen and oxygen atoms in total. The van der Waals surface area contributed by atoms with Crippen LogP contribution < -0.4 is 14.4 Å². The molecule has 0 spiro atoms. The van der Waals surface area contributed by atoms with Crippen LogP contribution in [0.5, 0.6) is 11.5 Å². The molecular weight excluding hydrogens is 348 g/mol. The molecular formula is C20H22N2O3S. The maximum absolute atomic E-state index is 12.8. The highest BCUT2D eigenvalue weighted by molar-refractivity contribution is 7.99. The van der Waals surface area contributed by atoms with Crippen LogP contribution in [0.15, 0.2) is 47.4 Å². The Bertz CT molecular complexity index is 811. The number of hydrogen-bond donors (Lipinski definition) is 0. The summed E-state index contributed by atoms with van der Waals surface area (Å²) in [6, 6.07) is 14.1. The van der Waals surface area contributed by atoms with Crippen LogP contribution in [-0.2, 0) is 11.3 Å². The molecule has 2 aromatic carbocycles. The molecule has 6 heteroatoms. The number of benzene rings is 2. The zero-order chi connectivity index (χ0) is 17.9. The van der Waals surface area contributed by atoms with Crippen LogP contribution >= 0.6 is 11.8 Å². The van der Waals surface area contributed by atoms with Crippen LogP contribution in [0.4, 0.5) is 5.69 Å². The van der Waals surface area contributed by atoms with Gasteiger partial charge in [0.1, 0.15) is 13.2 Å². The zero-order valence-electron chi connectivity index (χ0n) is 14.8. The summed E-state index contributed by atoms with van der Waals surface area (Å²) in [6.07, 6.45) is 0. The first-order valence-corrected chi connectivity index (χ1v) is 9.78. The highest BCUT2D eigenvalue weighted by Crippen LogP contribution is 2.34. The lowest BCUT2D eigenvalue weighted by Crippen LogP contribution is -2.41. The molecule has 2 aliphatic rings. The lowest BCUT2D eigenvalue weighted by atomic mass is 10.2. The van der Waals surface area contributed by atoms with E-state index in [1.165, 1.54) is 4.90 Å². The Labute approximate surface area is 157 Å². The summed E-state index contributed by atoms with van der Waals surface area (Å²) >= 11 is 1.81. The second-order valence-electron chi connectivity index (χ2n) is 6.51. The Morgan fingerprint density at radius 3 is 2.85 bits per heavy atom. The fourth-order valence-electron chi connectivity index (χ4n) is 3.30. The topological polar surface area (TPSA) is 42.0 Å². The van der Waals surface area contributed by atoms with E-state index in [0.29, 0.717) is 26.3 Å². The van der Waals surface area contributed by atoms with Crippen molar-refractivity contribution in [2.75, 3.05) is 44.0 Å². The van der Waals surface area contributed by atoms with Crippen LogP contribution in [0.2, 0.25) is 0 Å². The number of nitrogens with zero attached hydrogens (tertiary/aromatic N) is 2. The fourth-order valence-corrected chi connectivity index (χ4v) is 4.29. The van der Waals surface area contributed by atoms with Crippen molar-refractivity contribution in [2.24, 2.45) is 0 Å². The van der Waals surface area contributed by atoms with Gasteiger partial charge in [-0.05, 0) is 36.9 Å². The predicted molar refractivity (Wildman–Crippen MR) is 103 cm³/mol. The summed E-state index contributed by atoms with van der Waals surface area (Å²) in [5, 5.41) is 0. The minimum atomic E-state index is 0.137.